The summed E-state index contributed by atoms with van der Waals surface area (Å²) < 4.78 is 0. The molecule has 0 saturated carbocycles. The summed E-state index contributed by atoms with van der Waals surface area (Å²) in [5.41, 5.74) is 6.15. The maximum Gasteiger partial charge on any atom is 0.326 e. The number of aliphatic carboxylic acids is 1. The number of carbonyl (C=O) groups is 5. The molecule has 200 valence electrons. The third-order valence-electron chi connectivity index (χ3n) is 7.13. The van der Waals surface area contributed by atoms with Crippen molar-refractivity contribution in [3.63, 3.8) is 0 Å². The highest BCUT2D eigenvalue weighted by Gasteiger charge is 2.48. The summed E-state index contributed by atoms with van der Waals surface area (Å²) in [7, 11) is 0. The number of amides is 4. The lowest BCUT2D eigenvalue weighted by atomic mass is 9.94. The van der Waals surface area contributed by atoms with Crippen LogP contribution in [0.1, 0.15) is 38.7 Å². The lowest BCUT2D eigenvalue weighted by molar-refractivity contribution is -0.159. The predicted octanol–water partition coefficient (Wildman–Crippen LogP) is 1.05. The topological polar surface area (TPSA) is 141 Å². The Morgan fingerprint density at radius 2 is 1.78 bits per heavy atom. The van der Waals surface area contributed by atoms with Gasteiger partial charge in [-0.3, -0.25) is 19.2 Å². The average Bonchev–Trinajstić information content (AvgIpc) is 3.26. The van der Waals surface area contributed by atoms with Gasteiger partial charge in [0.2, 0.25) is 23.6 Å². The van der Waals surface area contributed by atoms with E-state index < -0.39 is 41.8 Å². The zero-order chi connectivity index (χ0) is 27.3. The van der Waals surface area contributed by atoms with E-state index in [4.69, 9.17) is 5.73 Å². The second kappa shape index (κ2) is 12.0. The number of rotatable bonds is 10. The summed E-state index contributed by atoms with van der Waals surface area (Å²) in [6, 6.07) is 6.30. The number of primary amides is 1. The first kappa shape index (κ1) is 27.9. The normalized spacial score (nSPS) is 22.7. The summed E-state index contributed by atoms with van der Waals surface area (Å²) >= 11 is 0. The molecule has 3 rings (SSSR count). The molecule has 2 heterocycles. The Bertz CT molecular complexity index is 1040. The van der Waals surface area contributed by atoms with E-state index in [0.29, 0.717) is 12.8 Å². The van der Waals surface area contributed by atoms with Crippen molar-refractivity contribution in [2.24, 2.45) is 17.6 Å². The predicted molar refractivity (Wildman–Crippen MR) is 136 cm³/mol. The summed E-state index contributed by atoms with van der Waals surface area (Å²) in [6.45, 7) is 7.98. The van der Waals surface area contributed by atoms with Gasteiger partial charge in [-0.1, -0.05) is 50.8 Å². The molecule has 10 heteroatoms. The molecule has 1 aromatic rings. The van der Waals surface area contributed by atoms with Gasteiger partial charge in [-0.15, -0.1) is 0 Å². The van der Waals surface area contributed by atoms with Crippen LogP contribution in [0.2, 0.25) is 0 Å². The Kier molecular flexibility index (Phi) is 9.07. The first-order valence-electron chi connectivity index (χ1n) is 12.6. The van der Waals surface area contributed by atoms with Crippen molar-refractivity contribution < 1.29 is 29.1 Å². The minimum atomic E-state index is -1.21. The number of carbonyl (C=O) groups excluding carboxylic acids is 4. The second-order valence-corrected chi connectivity index (χ2v) is 10.2. The molecule has 0 aliphatic carbocycles. The van der Waals surface area contributed by atoms with E-state index in [1.165, 1.54) is 20.8 Å². The van der Waals surface area contributed by atoms with Crippen molar-refractivity contribution in [1.29, 1.82) is 0 Å². The van der Waals surface area contributed by atoms with Crippen LogP contribution in [0.4, 0.5) is 0 Å². The fourth-order valence-electron chi connectivity index (χ4n) is 5.44. The number of benzene rings is 1. The van der Waals surface area contributed by atoms with Gasteiger partial charge in [0.1, 0.15) is 18.1 Å². The van der Waals surface area contributed by atoms with Crippen molar-refractivity contribution in [3.8, 4) is 0 Å². The molecule has 0 spiro atoms. The van der Waals surface area contributed by atoms with Gasteiger partial charge >= 0.3 is 5.97 Å². The SMILES string of the molecule is C=CC(=O)N1CCN([C@@H](Cc2ccccc2)C(=O)N2CC[C@H](CC(N)=O)[C@H]2C(=O)O)C(=O)[C@@H]1CC(C)C. The van der Waals surface area contributed by atoms with Crippen molar-refractivity contribution in [2.75, 3.05) is 19.6 Å². The molecular weight excluding hydrogens is 476 g/mol. The zero-order valence-corrected chi connectivity index (χ0v) is 21.4. The smallest absolute Gasteiger partial charge is 0.326 e. The molecule has 10 nitrogen and oxygen atoms in total. The summed E-state index contributed by atoms with van der Waals surface area (Å²) in [5, 5.41) is 9.93. The summed E-state index contributed by atoms with van der Waals surface area (Å²) in [5.74, 6) is -3.48. The lowest BCUT2D eigenvalue weighted by Gasteiger charge is -2.44. The minimum absolute atomic E-state index is 0.113. The van der Waals surface area contributed by atoms with Gasteiger partial charge in [0, 0.05) is 38.4 Å². The largest absolute Gasteiger partial charge is 0.480 e. The van der Waals surface area contributed by atoms with Gasteiger partial charge in [-0.2, -0.15) is 0 Å². The Hall–Kier alpha value is -3.69. The number of hydrogen-bond acceptors (Lipinski definition) is 5. The molecule has 0 aromatic heterocycles. The molecule has 0 unspecified atom stereocenters. The van der Waals surface area contributed by atoms with Crippen LogP contribution in [0.3, 0.4) is 0 Å². The molecule has 2 aliphatic heterocycles. The molecule has 3 N–H and O–H groups in total. The number of carboxylic acids is 1. The Balaban J connectivity index is 1.97. The van der Waals surface area contributed by atoms with Gasteiger partial charge in [0.15, 0.2) is 0 Å². The van der Waals surface area contributed by atoms with Crippen molar-refractivity contribution >= 4 is 29.6 Å². The quantitative estimate of drug-likeness (QED) is 0.449. The summed E-state index contributed by atoms with van der Waals surface area (Å²) in [4.78, 5) is 68.3. The number of nitrogens with zero attached hydrogens (tertiary/aromatic N) is 3. The number of hydrogen-bond donors (Lipinski definition) is 2. The van der Waals surface area contributed by atoms with Crippen LogP contribution in [0.15, 0.2) is 43.0 Å². The monoisotopic (exact) mass is 512 g/mol. The van der Waals surface area contributed by atoms with Gasteiger partial charge in [-0.25, -0.2) is 4.79 Å². The van der Waals surface area contributed by atoms with Gasteiger partial charge < -0.3 is 25.5 Å². The number of carboxylic acid groups (broad SMARTS) is 1. The second-order valence-electron chi connectivity index (χ2n) is 10.2. The van der Waals surface area contributed by atoms with Gasteiger partial charge in [0.05, 0.1) is 0 Å². The summed E-state index contributed by atoms with van der Waals surface area (Å²) in [6.07, 6.45) is 1.99. The molecule has 0 bridgehead atoms. The third-order valence-corrected chi connectivity index (χ3v) is 7.13. The first-order valence-corrected chi connectivity index (χ1v) is 12.6. The fourth-order valence-corrected chi connectivity index (χ4v) is 5.44. The maximum atomic E-state index is 14.0. The molecule has 1 aromatic carbocycles. The molecule has 2 saturated heterocycles. The van der Waals surface area contributed by atoms with Crippen molar-refractivity contribution in [2.45, 2.75) is 57.7 Å². The molecule has 0 radical (unpaired) electrons. The number of likely N-dealkylation sites (tertiary alicyclic amines) is 1. The Morgan fingerprint density at radius 3 is 2.35 bits per heavy atom. The van der Waals surface area contributed by atoms with E-state index >= 15 is 0 Å². The highest BCUT2D eigenvalue weighted by molar-refractivity contribution is 5.96. The van der Waals surface area contributed by atoms with Crippen molar-refractivity contribution in [3.05, 3.63) is 48.6 Å². The molecule has 37 heavy (non-hydrogen) atoms. The van der Waals surface area contributed by atoms with Crippen LogP contribution in [-0.4, -0.2) is 87.2 Å². The van der Waals surface area contributed by atoms with E-state index in [1.54, 1.807) is 0 Å². The standard InChI is InChI=1S/C27H36N4O6/c1-4-23(33)29-12-13-30(25(34)20(29)14-17(2)3)21(15-18-8-6-5-7-9-18)26(35)31-11-10-19(16-22(28)32)24(31)27(36)37/h4-9,17,19-21,24H,1,10-16H2,2-3H3,(H2,28,32)(H,36,37)/t19-,20+,21+,24+/m1/s1. The molecule has 2 fully saturated rings. The van der Waals surface area contributed by atoms with Gasteiger partial charge in [0.25, 0.3) is 0 Å². The van der Waals surface area contributed by atoms with Crippen molar-refractivity contribution in [1.82, 2.24) is 14.7 Å². The van der Waals surface area contributed by atoms with Crippen LogP contribution in [0, 0.1) is 11.8 Å². The van der Waals surface area contributed by atoms with E-state index in [2.05, 4.69) is 6.58 Å². The third kappa shape index (κ3) is 6.36. The maximum absolute atomic E-state index is 14.0. The van der Waals surface area contributed by atoms with Crippen LogP contribution < -0.4 is 5.73 Å². The molecule has 4 atom stereocenters. The lowest BCUT2D eigenvalue weighted by Crippen LogP contribution is -2.64. The molecular formula is C27H36N4O6. The molecule has 4 amide bonds. The van der Waals surface area contributed by atoms with Crippen LogP contribution in [0.5, 0.6) is 0 Å². The van der Waals surface area contributed by atoms with Gasteiger partial charge in [-0.05, 0) is 30.4 Å². The molecule has 2 aliphatic rings. The Labute approximate surface area is 217 Å². The van der Waals surface area contributed by atoms with Crippen LogP contribution in [-0.2, 0) is 30.4 Å². The van der Waals surface area contributed by atoms with E-state index in [1.807, 2.05) is 44.2 Å². The number of nitrogens with two attached hydrogens (primary N) is 1. The average molecular weight is 513 g/mol. The van der Waals surface area contributed by atoms with Crippen LogP contribution in [0.25, 0.3) is 0 Å². The van der Waals surface area contributed by atoms with Crippen LogP contribution >= 0.6 is 0 Å². The number of piperazine rings is 1. The Morgan fingerprint density at radius 1 is 1.11 bits per heavy atom. The highest BCUT2D eigenvalue weighted by atomic mass is 16.4. The van der Waals surface area contributed by atoms with E-state index in [0.717, 1.165) is 5.56 Å². The highest BCUT2D eigenvalue weighted by Crippen LogP contribution is 2.30. The minimum Gasteiger partial charge on any atom is -0.480 e. The first-order chi connectivity index (χ1) is 17.5. The van der Waals surface area contributed by atoms with E-state index in [-0.39, 0.29) is 50.2 Å². The van der Waals surface area contributed by atoms with E-state index in [9.17, 15) is 29.1 Å². The fraction of sp³-hybridized carbons (Fsp3) is 0.519. The zero-order valence-electron chi connectivity index (χ0n) is 21.4.